The van der Waals surface area contributed by atoms with Crippen molar-refractivity contribution in [2.45, 2.75) is 162 Å². The molecule has 51 heavy (non-hydrogen) atoms. The molecule has 14 heteroatoms. The minimum atomic E-state index is -3.47. The van der Waals surface area contributed by atoms with Crippen LogP contribution in [0.1, 0.15) is 149 Å². The SMILES string of the molecule is CCCCCCCCCCCCSSCCOP(=O)(CO[C@H](C)Cn1cnc2c(N)ncnc21)OCCS(=S)CCCCCCCCCCCC. The fourth-order valence-corrected chi connectivity index (χ4v) is 11.0. The standard InChI is InChI=1S/C37H70N5O4PS4/c1-4-6-8-10-12-14-16-18-20-22-26-49-50-27-24-45-47(43,33-44-34(3)30-42-32-41-35-36(38)39-31-40-37(35)42)46-25-29-51(48)28-23-21-19-17-15-13-11-9-7-5-2/h31-32,34H,4-30,33H2,1-3H3,(H2,38,39,40)/t34-,47?,51?/m1/s1. The van der Waals surface area contributed by atoms with Gasteiger partial charge in [0.25, 0.3) is 0 Å². The number of imidazole rings is 1. The van der Waals surface area contributed by atoms with Crippen molar-refractivity contribution < 1.29 is 18.3 Å². The number of nitrogens with zero attached hydrogens (tertiary/aromatic N) is 4. The van der Waals surface area contributed by atoms with Crippen LogP contribution >= 0.6 is 29.2 Å². The van der Waals surface area contributed by atoms with Crippen LogP contribution in [0.5, 0.6) is 0 Å². The highest BCUT2D eigenvalue weighted by Gasteiger charge is 2.27. The lowest BCUT2D eigenvalue weighted by Crippen LogP contribution is -2.19. The molecule has 0 aliphatic heterocycles. The average molecular weight is 808 g/mol. The van der Waals surface area contributed by atoms with Crippen LogP contribution in [-0.2, 0) is 45.5 Å². The van der Waals surface area contributed by atoms with Gasteiger partial charge in [0.05, 0.1) is 32.2 Å². The van der Waals surface area contributed by atoms with E-state index in [0.717, 1.165) is 23.7 Å². The van der Waals surface area contributed by atoms with Gasteiger partial charge in [-0.2, -0.15) is 0 Å². The number of ether oxygens (including phenoxy) is 1. The number of nitrogens with two attached hydrogens (primary N) is 1. The van der Waals surface area contributed by atoms with Crippen LogP contribution in [-0.4, -0.2) is 68.2 Å². The quantitative estimate of drug-likeness (QED) is 0.0403. The summed E-state index contributed by atoms with van der Waals surface area (Å²) >= 11 is 5.76. The van der Waals surface area contributed by atoms with Gasteiger partial charge in [-0.25, -0.2) is 15.0 Å². The zero-order chi connectivity index (χ0) is 36.8. The van der Waals surface area contributed by atoms with Gasteiger partial charge in [0, 0.05) is 17.3 Å². The van der Waals surface area contributed by atoms with Crippen LogP contribution in [0.15, 0.2) is 12.7 Å². The Kier molecular flexibility index (Phi) is 28.5. The fraction of sp³-hybridized carbons (Fsp3) is 0.865. The van der Waals surface area contributed by atoms with Crippen LogP contribution in [0.25, 0.3) is 11.2 Å². The predicted octanol–water partition coefficient (Wildman–Crippen LogP) is 11.3. The van der Waals surface area contributed by atoms with E-state index in [0.29, 0.717) is 42.5 Å². The lowest BCUT2D eigenvalue weighted by Gasteiger charge is -2.21. The molecule has 0 spiro atoms. The van der Waals surface area contributed by atoms with Gasteiger partial charge in [-0.15, -0.1) is 9.45 Å². The molecule has 0 saturated heterocycles. The molecular weight excluding hydrogens is 738 g/mol. The highest BCUT2D eigenvalue weighted by molar-refractivity contribution is 8.76. The van der Waals surface area contributed by atoms with E-state index in [1.54, 1.807) is 17.1 Å². The van der Waals surface area contributed by atoms with E-state index in [4.69, 9.17) is 30.7 Å². The Morgan fingerprint density at radius 3 is 1.94 bits per heavy atom. The Hall–Kier alpha value is -0.270. The predicted molar refractivity (Wildman–Crippen MR) is 228 cm³/mol. The van der Waals surface area contributed by atoms with E-state index in [-0.39, 0.29) is 21.9 Å². The fourth-order valence-electron chi connectivity index (χ4n) is 5.79. The zero-order valence-electron chi connectivity index (χ0n) is 32.1. The Balaban J connectivity index is 1.69. The smallest absolute Gasteiger partial charge is 0.356 e. The molecular formula is C37H70N5O4PS4. The monoisotopic (exact) mass is 807 g/mol. The third-order valence-electron chi connectivity index (χ3n) is 8.84. The molecule has 2 heterocycles. The molecule has 2 aromatic heterocycles. The summed E-state index contributed by atoms with van der Waals surface area (Å²) in [5.74, 6) is 3.95. The topological polar surface area (TPSA) is 114 Å². The molecule has 2 rings (SSSR count). The maximum Gasteiger partial charge on any atom is 0.356 e. The van der Waals surface area contributed by atoms with Gasteiger partial charge in [0.2, 0.25) is 0 Å². The highest BCUT2D eigenvalue weighted by Crippen LogP contribution is 2.48. The number of hydrogen-bond donors (Lipinski definition) is 1. The van der Waals surface area contributed by atoms with Crippen LogP contribution in [0, 0.1) is 0 Å². The minimum Gasteiger partial charge on any atom is -0.382 e. The Morgan fingerprint density at radius 2 is 1.31 bits per heavy atom. The number of anilines is 1. The molecule has 2 aromatic rings. The molecule has 0 saturated carbocycles. The van der Waals surface area contributed by atoms with Crippen molar-refractivity contribution in [2.75, 3.05) is 48.3 Å². The third kappa shape index (κ3) is 23.3. The van der Waals surface area contributed by atoms with Crippen molar-refractivity contribution in [2.24, 2.45) is 0 Å². The maximum atomic E-state index is 13.9. The van der Waals surface area contributed by atoms with Crippen molar-refractivity contribution in [1.82, 2.24) is 19.5 Å². The molecule has 0 aromatic carbocycles. The third-order valence-corrected chi connectivity index (χ3v) is 15.3. The van der Waals surface area contributed by atoms with Crippen molar-refractivity contribution in [3.63, 3.8) is 0 Å². The van der Waals surface area contributed by atoms with Gasteiger partial charge in [-0.3, -0.25) is 4.57 Å². The number of fused-ring (bicyclic) bond motifs is 1. The van der Waals surface area contributed by atoms with Gasteiger partial charge < -0.3 is 24.1 Å². The number of aromatic nitrogens is 4. The summed E-state index contributed by atoms with van der Waals surface area (Å²) in [5.41, 5.74) is 7.14. The number of rotatable bonds is 36. The highest BCUT2D eigenvalue weighted by atomic mass is 33.1. The second-order valence-electron chi connectivity index (χ2n) is 13.6. The average Bonchev–Trinajstić information content (AvgIpc) is 3.53. The molecule has 2 N–H and O–H groups in total. The van der Waals surface area contributed by atoms with Crippen LogP contribution in [0.4, 0.5) is 5.82 Å². The molecule has 3 atom stereocenters. The summed E-state index contributed by atoms with van der Waals surface area (Å²) in [5, 5.41) is 0. The largest absolute Gasteiger partial charge is 0.382 e. The van der Waals surface area contributed by atoms with Gasteiger partial charge >= 0.3 is 7.60 Å². The van der Waals surface area contributed by atoms with Gasteiger partial charge in [-0.05, 0) is 25.5 Å². The number of nitrogen functional groups attached to an aromatic ring is 1. The molecule has 0 bridgehead atoms. The molecule has 0 aliphatic rings. The van der Waals surface area contributed by atoms with E-state index in [9.17, 15) is 4.57 Å². The Morgan fingerprint density at radius 1 is 0.765 bits per heavy atom. The van der Waals surface area contributed by atoms with E-state index in [2.05, 4.69) is 28.8 Å². The van der Waals surface area contributed by atoms with Crippen molar-refractivity contribution in [1.29, 1.82) is 0 Å². The van der Waals surface area contributed by atoms with E-state index in [1.165, 1.54) is 128 Å². The summed E-state index contributed by atoms with van der Waals surface area (Å²) in [6, 6.07) is 0. The summed E-state index contributed by atoms with van der Waals surface area (Å²) in [4.78, 5) is 12.7. The Bertz CT molecular complexity index is 1210. The molecule has 9 nitrogen and oxygen atoms in total. The Labute approximate surface area is 325 Å². The zero-order valence-corrected chi connectivity index (χ0v) is 36.3. The first kappa shape index (κ1) is 46.9. The summed E-state index contributed by atoms with van der Waals surface area (Å²) < 4.78 is 33.7. The first-order valence-electron chi connectivity index (χ1n) is 19.9. The molecule has 296 valence electrons. The van der Waals surface area contributed by atoms with Gasteiger partial charge in [-0.1, -0.05) is 162 Å². The number of unbranched alkanes of at least 4 members (excludes halogenated alkanes) is 18. The molecule has 0 fully saturated rings. The van der Waals surface area contributed by atoms with Crippen molar-refractivity contribution in [3.8, 4) is 0 Å². The lowest BCUT2D eigenvalue weighted by atomic mass is 10.1. The molecule has 0 aliphatic carbocycles. The van der Waals surface area contributed by atoms with Crippen molar-refractivity contribution in [3.05, 3.63) is 12.7 Å². The second kappa shape index (κ2) is 31.0. The van der Waals surface area contributed by atoms with Crippen LogP contribution in [0.2, 0.25) is 0 Å². The molecule has 2 unspecified atom stereocenters. The first-order chi connectivity index (χ1) is 24.9. The van der Waals surface area contributed by atoms with Crippen LogP contribution < -0.4 is 5.73 Å². The van der Waals surface area contributed by atoms with E-state index >= 15 is 0 Å². The summed E-state index contributed by atoms with van der Waals surface area (Å²) in [7, 11) is -0.00317. The minimum absolute atomic E-state index is 0.113. The number of hydrogen-bond acceptors (Lipinski definition) is 11. The normalized spacial score (nSPS) is 14.3. The summed E-state index contributed by atoms with van der Waals surface area (Å²) in [6.45, 7) is 7.60. The maximum absolute atomic E-state index is 13.9. The van der Waals surface area contributed by atoms with Gasteiger partial charge in [0.1, 0.15) is 18.2 Å². The first-order valence-corrected chi connectivity index (χ1v) is 26.6. The summed E-state index contributed by atoms with van der Waals surface area (Å²) in [6.07, 6.45) is 29.4. The molecule has 0 radical (unpaired) electrons. The van der Waals surface area contributed by atoms with Crippen molar-refractivity contribution >= 4 is 66.8 Å². The second-order valence-corrected chi connectivity index (χ2v) is 21.4. The van der Waals surface area contributed by atoms with E-state index < -0.39 is 7.60 Å². The van der Waals surface area contributed by atoms with Crippen LogP contribution in [0.3, 0.4) is 0 Å². The molecule has 0 amide bonds. The van der Waals surface area contributed by atoms with Gasteiger partial charge in [0.15, 0.2) is 11.5 Å². The van der Waals surface area contributed by atoms with E-state index in [1.807, 2.05) is 22.3 Å². The lowest BCUT2D eigenvalue weighted by molar-refractivity contribution is 0.0675.